The lowest BCUT2D eigenvalue weighted by molar-refractivity contribution is -0.108. The molecule has 0 aromatic rings. The van der Waals surface area contributed by atoms with E-state index in [1.807, 2.05) is 0 Å². The van der Waals surface area contributed by atoms with Crippen molar-refractivity contribution in [1.82, 2.24) is 4.90 Å². The molecular weight excluding hydrogens is 525 g/mol. The van der Waals surface area contributed by atoms with Crippen molar-refractivity contribution in [1.29, 1.82) is 0 Å². The molecule has 0 amide bonds. The maximum Gasteiger partial charge on any atom is 0.295 e. The fraction of sp³-hybridized carbons (Fsp3) is 0.861. The van der Waals surface area contributed by atoms with E-state index in [9.17, 15) is 0 Å². The van der Waals surface area contributed by atoms with Crippen molar-refractivity contribution >= 4 is 21.6 Å². The van der Waals surface area contributed by atoms with Crippen LogP contribution in [-0.2, 0) is 0 Å². The predicted octanol–water partition coefficient (Wildman–Crippen LogP) is 10.8. The van der Waals surface area contributed by atoms with Crippen LogP contribution in [0.2, 0.25) is 0 Å². The summed E-state index contributed by atoms with van der Waals surface area (Å²) in [6, 6.07) is 0. The van der Waals surface area contributed by atoms with E-state index >= 15 is 0 Å². The van der Waals surface area contributed by atoms with Crippen molar-refractivity contribution < 1.29 is 0 Å². The predicted molar refractivity (Wildman–Crippen MR) is 181 cm³/mol. The SMILES string of the molecule is C#[N+][C@]12CC[C@@]3(C)C(CC[C@@H]3[C@H](C=C)CCCC(C)C)[C@]1(C)CC=C1CC(SSCCCCN(C)C)CC[C@@]12C. The first-order valence-corrected chi connectivity index (χ1v) is 19.0. The molecule has 4 aliphatic rings. The summed E-state index contributed by atoms with van der Waals surface area (Å²) >= 11 is 0. The van der Waals surface area contributed by atoms with Crippen LogP contribution in [0.3, 0.4) is 0 Å². The fourth-order valence-corrected chi connectivity index (χ4v) is 13.1. The third kappa shape index (κ3) is 5.76. The second-order valence-corrected chi connectivity index (χ2v) is 18.2. The number of nitrogens with zero attached hydrogens (tertiary/aromatic N) is 2. The van der Waals surface area contributed by atoms with Crippen molar-refractivity contribution in [2.45, 2.75) is 129 Å². The van der Waals surface area contributed by atoms with E-state index < -0.39 is 0 Å². The first-order chi connectivity index (χ1) is 19.0. The third-order valence-corrected chi connectivity index (χ3v) is 15.6. The molecule has 3 fully saturated rings. The van der Waals surface area contributed by atoms with Gasteiger partial charge in [0.05, 0.1) is 10.8 Å². The van der Waals surface area contributed by atoms with Crippen LogP contribution in [0, 0.1) is 46.5 Å². The number of allylic oxidation sites excluding steroid dienone is 2. The molecule has 2 nitrogen and oxygen atoms in total. The van der Waals surface area contributed by atoms with Gasteiger partial charge in [0.1, 0.15) is 0 Å². The topological polar surface area (TPSA) is 7.60 Å². The minimum Gasteiger partial charge on any atom is -0.309 e. The molecule has 2 unspecified atom stereocenters. The largest absolute Gasteiger partial charge is 0.309 e. The fourth-order valence-electron chi connectivity index (χ4n) is 10.3. The monoisotopic (exact) mass is 585 g/mol. The summed E-state index contributed by atoms with van der Waals surface area (Å²) in [5.74, 6) is 4.17. The molecule has 8 atom stereocenters. The molecule has 0 spiro atoms. The Balaban J connectivity index is 1.48. The second kappa shape index (κ2) is 13.1. The normalized spacial score (nSPS) is 39.7. The molecular formula is C36H61N2S2+. The van der Waals surface area contributed by atoms with Crippen LogP contribution >= 0.6 is 21.6 Å². The van der Waals surface area contributed by atoms with Gasteiger partial charge in [0, 0.05) is 17.4 Å². The molecule has 0 radical (unpaired) electrons. The van der Waals surface area contributed by atoms with E-state index in [-0.39, 0.29) is 16.4 Å². The smallest absolute Gasteiger partial charge is 0.295 e. The Kier molecular flexibility index (Phi) is 10.7. The van der Waals surface area contributed by atoms with Gasteiger partial charge in [-0.05, 0) is 121 Å². The standard InChI is InChI=1S/C36H61N2S2/c1-10-28(15-13-14-27(2)3)31-16-17-32-33(31,4)22-23-36(37-7)34(5)21-19-30(26-29(34)18-20-35(32,36)6)40-39-25-12-11-24-38(8)9/h7,10,18,27-28,30-32H,1,11-17,19-26H2,2-6,8-9H3/q+1/t28-,30?,31-,32?,33-,34+,35+,36+/m1/s1. The van der Waals surface area contributed by atoms with Crippen molar-refractivity contribution in [3.05, 3.63) is 29.1 Å². The van der Waals surface area contributed by atoms with Crippen LogP contribution in [-0.4, -0.2) is 42.1 Å². The summed E-state index contributed by atoms with van der Waals surface area (Å²) in [6.45, 7) is 24.7. The van der Waals surface area contributed by atoms with Crippen molar-refractivity contribution in [2.24, 2.45) is 39.9 Å². The number of fused-ring (bicyclic) bond motifs is 5. The van der Waals surface area contributed by atoms with Crippen molar-refractivity contribution in [2.75, 3.05) is 26.4 Å². The zero-order chi connectivity index (χ0) is 29.2. The maximum absolute atomic E-state index is 6.62. The van der Waals surface area contributed by atoms with Gasteiger partial charge in [-0.1, -0.05) is 84.7 Å². The molecule has 0 bridgehead atoms. The number of hydrogen-bond donors (Lipinski definition) is 0. The average molecular weight is 586 g/mol. The summed E-state index contributed by atoms with van der Waals surface area (Å²) in [4.78, 5) is 7.34. The average Bonchev–Trinajstić information content (AvgIpc) is 3.26. The van der Waals surface area contributed by atoms with E-state index in [2.05, 4.69) is 93.9 Å². The molecule has 0 aromatic heterocycles. The van der Waals surface area contributed by atoms with E-state index in [1.54, 1.807) is 5.57 Å². The molecule has 40 heavy (non-hydrogen) atoms. The van der Waals surface area contributed by atoms with E-state index in [0.29, 0.717) is 17.3 Å². The highest BCUT2D eigenvalue weighted by Gasteiger charge is 2.77. The highest BCUT2D eigenvalue weighted by Crippen LogP contribution is 2.75. The van der Waals surface area contributed by atoms with Crippen LogP contribution in [0.25, 0.3) is 4.85 Å². The van der Waals surface area contributed by atoms with E-state index in [0.717, 1.165) is 29.9 Å². The summed E-state index contributed by atoms with van der Waals surface area (Å²) in [5.41, 5.74) is 2.19. The first-order valence-electron chi connectivity index (χ1n) is 16.6. The number of hydrogen-bond acceptors (Lipinski definition) is 3. The Hall–Kier alpha value is -0.370. The molecule has 0 aromatic carbocycles. The van der Waals surface area contributed by atoms with Gasteiger partial charge in [0.2, 0.25) is 0 Å². The molecule has 0 heterocycles. The van der Waals surface area contributed by atoms with Crippen LogP contribution in [0.15, 0.2) is 24.3 Å². The summed E-state index contributed by atoms with van der Waals surface area (Å²) in [7, 11) is 8.63. The van der Waals surface area contributed by atoms with Crippen LogP contribution < -0.4 is 0 Å². The van der Waals surface area contributed by atoms with Gasteiger partial charge in [-0.15, -0.1) is 6.58 Å². The second-order valence-electron chi connectivity index (χ2n) is 15.4. The highest BCUT2D eigenvalue weighted by atomic mass is 33.1. The summed E-state index contributed by atoms with van der Waals surface area (Å²) in [6.07, 6.45) is 21.7. The third-order valence-electron chi connectivity index (χ3n) is 12.6. The Morgan fingerprint density at radius 1 is 1.07 bits per heavy atom. The van der Waals surface area contributed by atoms with Crippen LogP contribution in [0.4, 0.5) is 0 Å². The lowest BCUT2D eigenvalue weighted by Gasteiger charge is -2.62. The minimum atomic E-state index is -0.126. The van der Waals surface area contributed by atoms with E-state index in [1.165, 1.54) is 82.9 Å². The van der Waals surface area contributed by atoms with Gasteiger partial charge in [0.25, 0.3) is 12.1 Å². The molecule has 0 saturated heterocycles. The Morgan fingerprint density at radius 2 is 1.85 bits per heavy atom. The lowest BCUT2D eigenvalue weighted by atomic mass is 9.38. The van der Waals surface area contributed by atoms with Crippen LogP contribution in [0.5, 0.6) is 0 Å². The summed E-state index contributed by atoms with van der Waals surface area (Å²) in [5, 5.41) is 0.737. The van der Waals surface area contributed by atoms with Gasteiger partial charge in [-0.3, -0.25) is 0 Å². The molecule has 4 heteroatoms. The number of unbranched alkanes of at least 4 members (excludes halogenated alkanes) is 1. The molecule has 4 rings (SSSR count). The highest BCUT2D eigenvalue weighted by molar-refractivity contribution is 8.76. The zero-order valence-corrected chi connectivity index (χ0v) is 28.8. The molecule has 4 aliphatic carbocycles. The number of rotatable bonds is 13. The van der Waals surface area contributed by atoms with E-state index in [4.69, 9.17) is 11.4 Å². The van der Waals surface area contributed by atoms with Crippen molar-refractivity contribution in [3.63, 3.8) is 0 Å². The quantitative estimate of drug-likeness (QED) is 0.121. The van der Waals surface area contributed by atoms with Gasteiger partial charge in [0.15, 0.2) is 0 Å². The first kappa shape index (κ1) is 32.5. The summed E-state index contributed by atoms with van der Waals surface area (Å²) < 4.78 is 0. The van der Waals surface area contributed by atoms with Crippen molar-refractivity contribution in [3.8, 4) is 6.57 Å². The van der Waals surface area contributed by atoms with Gasteiger partial charge < -0.3 is 4.90 Å². The molecule has 0 N–H and O–H groups in total. The van der Waals surface area contributed by atoms with Gasteiger partial charge in [-0.2, -0.15) is 0 Å². The molecule has 0 aliphatic heterocycles. The Bertz CT molecular complexity index is 951. The molecule has 3 saturated carbocycles. The van der Waals surface area contributed by atoms with Crippen LogP contribution in [0.1, 0.15) is 118 Å². The van der Waals surface area contributed by atoms with Gasteiger partial charge in [-0.25, -0.2) is 0 Å². The Morgan fingerprint density at radius 3 is 2.52 bits per heavy atom. The van der Waals surface area contributed by atoms with Gasteiger partial charge >= 0.3 is 0 Å². The maximum atomic E-state index is 6.62. The lowest BCUT2D eigenvalue weighted by Crippen LogP contribution is -2.66. The minimum absolute atomic E-state index is 0.108. The molecule has 226 valence electrons. The Labute approximate surface area is 256 Å². The zero-order valence-electron chi connectivity index (χ0n) is 27.1.